The fourth-order valence-electron chi connectivity index (χ4n) is 6.40. The number of Topliss-reactive ketones (excluding diaryl/α,β-unsaturated/α-hetero) is 3. The first-order valence-corrected chi connectivity index (χ1v) is 15.3. The summed E-state index contributed by atoms with van der Waals surface area (Å²) in [5.41, 5.74) is 12.1. The Morgan fingerprint density at radius 1 is 0.977 bits per heavy atom. The number of nitrogen functional groups attached to an aromatic ring is 1. The summed E-state index contributed by atoms with van der Waals surface area (Å²) in [6, 6.07) is 12.7. The summed E-state index contributed by atoms with van der Waals surface area (Å²) in [4.78, 5) is 44.9. The van der Waals surface area contributed by atoms with E-state index in [4.69, 9.17) is 10.5 Å². The molecule has 44 heavy (non-hydrogen) atoms. The molecule has 0 unspecified atom stereocenters. The zero-order valence-corrected chi connectivity index (χ0v) is 25.6. The van der Waals surface area contributed by atoms with Crippen LogP contribution in [0, 0.1) is 11.8 Å². The molecular weight excluding hydrogens is 550 g/mol. The van der Waals surface area contributed by atoms with Gasteiger partial charge in [0.2, 0.25) is 0 Å². The van der Waals surface area contributed by atoms with Crippen LogP contribution in [0.5, 0.6) is 5.75 Å². The molecule has 7 nitrogen and oxygen atoms in total. The molecule has 224 valence electrons. The van der Waals surface area contributed by atoms with Gasteiger partial charge in [0.25, 0.3) is 0 Å². The number of carbonyl (C=O) groups excluding carboxylic acids is 3. The van der Waals surface area contributed by atoms with E-state index in [1.54, 1.807) is 24.4 Å². The van der Waals surface area contributed by atoms with E-state index in [9.17, 15) is 14.4 Å². The lowest BCUT2D eigenvalue weighted by atomic mass is 9.95. The van der Waals surface area contributed by atoms with Crippen molar-refractivity contribution in [1.29, 1.82) is 0 Å². The SMILES string of the molecule is CC(C)C(Oc1cc(CC(=O)c2ccc3c(c2)C(=O)/C(=C2\CCc4cc(N)cnc4N2)C3=O)cc(C2=CC=CC2)c1)C(C)C. The van der Waals surface area contributed by atoms with E-state index in [1.807, 2.05) is 24.3 Å². The van der Waals surface area contributed by atoms with Gasteiger partial charge in [0.05, 0.1) is 17.5 Å². The van der Waals surface area contributed by atoms with Crippen molar-refractivity contribution in [3.05, 3.63) is 112 Å². The molecule has 3 N–H and O–H groups in total. The molecule has 0 spiro atoms. The van der Waals surface area contributed by atoms with Crippen molar-refractivity contribution in [3.63, 3.8) is 0 Å². The topological polar surface area (TPSA) is 111 Å². The van der Waals surface area contributed by atoms with Crippen molar-refractivity contribution < 1.29 is 19.1 Å². The zero-order valence-electron chi connectivity index (χ0n) is 25.6. The lowest BCUT2D eigenvalue weighted by Crippen LogP contribution is -2.29. The van der Waals surface area contributed by atoms with Crippen molar-refractivity contribution >= 4 is 34.4 Å². The molecule has 0 radical (unpaired) electrons. The van der Waals surface area contributed by atoms with Gasteiger partial charge < -0.3 is 15.8 Å². The first-order valence-electron chi connectivity index (χ1n) is 15.3. The van der Waals surface area contributed by atoms with Crippen LogP contribution >= 0.6 is 0 Å². The van der Waals surface area contributed by atoms with Crippen LogP contribution in [-0.2, 0) is 12.8 Å². The largest absolute Gasteiger partial charge is 0.490 e. The minimum absolute atomic E-state index is 0.0362. The van der Waals surface area contributed by atoms with Crippen LogP contribution in [0.25, 0.3) is 5.57 Å². The maximum atomic E-state index is 13.6. The Kier molecular flexibility index (Phi) is 7.80. The maximum Gasteiger partial charge on any atom is 0.199 e. The number of fused-ring (bicyclic) bond motifs is 2. The Morgan fingerprint density at radius 2 is 1.75 bits per heavy atom. The first-order chi connectivity index (χ1) is 21.1. The molecule has 0 bridgehead atoms. The van der Waals surface area contributed by atoms with Crippen molar-refractivity contribution in [2.24, 2.45) is 11.8 Å². The van der Waals surface area contributed by atoms with E-state index in [2.05, 4.69) is 56.2 Å². The number of nitrogens with zero attached hydrogens (tertiary/aromatic N) is 1. The second-order valence-electron chi connectivity index (χ2n) is 12.5. The van der Waals surface area contributed by atoms with Crippen LogP contribution in [0.3, 0.4) is 0 Å². The number of ketones is 3. The van der Waals surface area contributed by atoms with E-state index >= 15 is 0 Å². The van der Waals surface area contributed by atoms with Crippen LogP contribution in [0.4, 0.5) is 11.5 Å². The predicted molar refractivity (Wildman–Crippen MR) is 173 cm³/mol. The lowest BCUT2D eigenvalue weighted by Gasteiger charge is -2.26. The van der Waals surface area contributed by atoms with E-state index in [1.165, 1.54) is 5.57 Å². The van der Waals surface area contributed by atoms with E-state index in [0.717, 1.165) is 28.9 Å². The van der Waals surface area contributed by atoms with Gasteiger partial charge in [0, 0.05) is 28.8 Å². The van der Waals surface area contributed by atoms with Gasteiger partial charge in [-0.2, -0.15) is 0 Å². The number of nitrogens with two attached hydrogens (primary N) is 1. The molecule has 2 aromatic carbocycles. The van der Waals surface area contributed by atoms with E-state index in [0.29, 0.717) is 53.0 Å². The number of anilines is 2. The third kappa shape index (κ3) is 5.62. The highest BCUT2D eigenvalue weighted by atomic mass is 16.5. The highest BCUT2D eigenvalue weighted by molar-refractivity contribution is 6.40. The summed E-state index contributed by atoms with van der Waals surface area (Å²) in [7, 11) is 0. The second-order valence-corrected chi connectivity index (χ2v) is 12.5. The van der Waals surface area contributed by atoms with E-state index in [-0.39, 0.29) is 41.0 Å². The number of pyridine rings is 1. The molecule has 0 saturated carbocycles. The Morgan fingerprint density at radius 3 is 2.48 bits per heavy atom. The van der Waals surface area contributed by atoms with Crippen LogP contribution in [0.2, 0.25) is 0 Å². The molecule has 0 amide bonds. The number of aromatic nitrogens is 1. The first kappa shape index (κ1) is 29.3. The Hall–Kier alpha value is -4.78. The molecule has 2 aliphatic carbocycles. The monoisotopic (exact) mass is 587 g/mol. The Balaban J connectivity index is 1.27. The normalized spacial score (nSPS) is 17.3. The zero-order chi connectivity index (χ0) is 31.1. The average molecular weight is 588 g/mol. The molecule has 1 aromatic heterocycles. The summed E-state index contributed by atoms with van der Waals surface area (Å²) in [6.07, 6.45) is 9.90. The van der Waals surface area contributed by atoms with E-state index < -0.39 is 0 Å². The fourth-order valence-corrected chi connectivity index (χ4v) is 6.40. The molecule has 0 saturated heterocycles. The van der Waals surface area contributed by atoms with Crippen LogP contribution < -0.4 is 15.8 Å². The summed E-state index contributed by atoms with van der Waals surface area (Å²) in [5, 5.41) is 3.18. The number of ether oxygens (including phenoxy) is 1. The minimum atomic E-state index is -0.368. The molecule has 0 fully saturated rings. The minimum Gasteiger partial charge on any atom is -0.490 e. The molecule has 7 heteroatoms. The Bertz CT molecular complexity index is 1790. The highest BCUT2D eigenvalue weighted by Gasteiger charge is 2.37. The number of hydrogen-bond acceptors (Lipinski definition) is 7. The molecule has 1 aliphatic heterocycles. The number of allylic oxidation sites excluding steroid dienone is 6. The van der Waals surface area contributed by atoms with Gasteiger partial charge >= 0.3 is 0 Å². The molecule has 3 aliphatic rings. The lowest BCUT2D eigenvalue weighted by molar-refractivity contribution is 0.0979. The summed E-state index contributed by atoms with van der Waals surface area (Å²) in [5.74, 6) is 1.17. The van der Waals surface area contributed by atoms with Crippen LogP contribution in [-0.4, -0.2) is 28.4 Å². The summed E-state index contributed by atoms with van der Waals surface area (Å²) in [6.45, 7) is 8.61. The van der Waals surface area contributed by atoms with Gasteiger partial charge in [0.1, 0.15) is 17.7 Å². The number of aryl methyl sites for hydroxylation is 1. The predicted octanol–water partition coefficient (Wildman–Crippen LogP) is 7.18. The van der Waals surface area contributed by atoms with Gasteiger partial charge in [-0.25, -0.2) is 4.98 Å². The summed E-state index contributed by atoms with van der Waals surface area (Å²) >= 11 is 0. The quantitative estimate of drug-likeness (QED) is 0.163. The molecular formula is C37H37N3O4. The highest BCUT2D eigenvalue weighted by Crippen LogP contribution is 2.35. The smallest absolute Gasteiger partial charge is 0.199 e. The van der Waals surface area contributed by atoms with Gasteiger partial charge in [-0.3, -0.25) is 14.4 Å². The number of carbonyl (C=O) groups is 3. The van der Waals surface area contributed by atoms with Crippen LogP contribution in [0.1, 0.15) is 88.3 Å². The van der Waals surface area contributed by atoms with Gasteiger partial charge in [-0.05, 0) is 83.7 Å². The van der Waals surface area contributed by atoms with Crippen molar-refractivity contribution in [2.45, 2.75) is 59.5 Å². The molecule has 3 aromatic rings. The maximum absolute atomic E-state index is 13.6. The molecule has 0 atom stereocenters. The van der Waals surface area contributed by atoms with Gasteiger partial charge in [0.15, 0.2) is 17.3 Å². The standard InChI is InChI=1S/C37H37N3O4/c1-20(2)36(21(3)4)44-28-14-22(13-26(17-28)23-7-5-6-8-23)15-32(41)24-9-11-29-30(18-24)35(43)33(34(29)42)31-12-10-25-16-27(38)19-39-37(25)40-31/h5-7,9,11,13-14,16-21,36H,8,10,12,15,38H2,1-4H3,(H,39,40)/b33-31+. The fraction of sp³-hybridized carbons (Fsp3) is 0.297. The van der Waals surface area contributed by atoms with Gasteiger partial charge in [-0.15, -0.1) is 0 Å². The summed E-state index contributed by atoms with van der Waals surface area (Å²) < 4.78 is 6.49. The number of rotatable bonds is 8. The average Bonchev–Trinajstić information content (AvgIpc) is 3.62. The van der Waals surface area contributed by atoms with Gasteiger partial charge in [-0.1, -0.05) is 58.1 Å². The number of nitrogens with one attached hydrogen (secondary N) is 1. The van der Waals surface area contributed by atoms with Crippen molar-refractivity contribution in [1.82, 2.24) is 4.98 Å². The second kappa shape index (κ2) is 11.7. The van der Waals surface area contributed by atoms with Crippen molar-refractivity contribution in [3.8, 4) is 5.75 Å². The van der Waals surface area contributed by atoms with Crippen molar-refractivity contribution in [2.75, 3.05) is 11.1 Å². The number of benzene rings is 2. The third-order valence-electron chi connectivity index (χ3n) is 8.55. The Labute approximate surface area is 257 Å². The third-order valence-corrected chi connectivity index (χ3v) is 8.55. The van der Waals surface area contributed by atoms with Crippen LogP contribution in [0.15, 0.2) is 78.2 Å². The number of hydrogen-bond donors (Lipinski definition) is 2. The molecule has 2 heterocycles. The molecule has 6 rings (SSSR count).